The largest absolute Gasteiger partial charge is 0.436 e. The van der Waals surface area contributed by atoms with E-state index in [4.69, 9.17) is 0 Å². The molecule has 0 fully saturated rings. The molecule has 0 bridgehead atoms. The van der Waals surface area contributed by atoms with Crippen LogP contribution < -0.4 is 0 Å². The number of halogens is 4. The lowest BCUT2D eigenvalue weighted by molar-refractivity contribution is -0.142. The third kappa shape index (κ3) is 3.16. The lowest BCUT2D eigenvalue weighted by Gasteiger charge is -2.16. The van der Waals surface area contributed by atoms with E-state index in [1.165, 1.54) is 19.0 Å². The summed E-state index contributed by atoms with van der Waals surface area (Å²) >= 11 is 2.83. The zero-order chi connectivity index (χ0) is 16.7. The van der Waals surface area contributed by atoms with Gasteiger partial charge < -0.3 is 4.90 Å². The van der Waals surface area contributed by atoms with Gasteiger partial charge in [0, 0.05) is 27.3 Å². The quantitative estimate of drug-likeness (QED) is 0.821. The Balaban J connectivity index is 2.27. The molecule has 2 aromatic rings. The summed E-state index contributed by atoms with van der Waals surface area (Å²) in [6.45, 7) is 0.179. The lowest BCUT2D eigenvalue weighted by Crippen LogP contribution is -2.28. The Bertz CT molecular complexity index is 706. The second-order valence-electron chi connectivity index (χ2n) is 4.77. The minimum absolute atomic E-state index is 0.161. The molecule has 0 aliphatic carbocycles. The number of rotatable bonds is 3. The molecule has 6 nitrogen and oxygen atoms in total. The molecule has 0 aromatic carbocycles. The fraction of sp³-hybridized carbons (Fsp3) is 0.417. The molecule has 120 valence electrons. The van der Waals surface area contributed by atoms with Gasteiger partial charge in [-0.3, -0.25) is 14.2 Å². The van der Waals surface area contributed by atoms with Crippen LogP contribution >= 0.6 is 15.9 Å². The summed E-state index contributed by atoms with van der Waals surface area (Å²) in [6, 6.07) is 1.73. The van der Waals surface area contributed by atoms with Gasteiger partial charge in [0.2, 0.25) is 0 Å². The van der Waals surface area contributed by atoms with Gasteiger partial charge in [-0.15, -0.1) is 0 Å². The minimum Gasteiger partial charge on any atom is -0.334 e. The molecule has 0 saturated carbocycles. The van der Waals surface area contributed by atoms with Crippen molar-refractivity contribution in [2.45, 2.75) is 12.7 Å². The highest BCUT2D eigenvalue weighted by atomic mass is 79.9. The molecule has 2 aromatic heterocycles. The number of nitrogens with zero attached hydrogens (tertiary/aromatic N) is 5. The van der Waals surface area contributed by atoms with Crippen molar-refractivity contribution in [3.63, 3.8) is 0 Å². The number of hydrogen-bond acceptors (Lipinski definition) is 3. The molecule has 2 heterocycles. The molecule has 0 aliphatic rings. The third-order valence-electron chi connectivity index (χ3n) is 2.98. The molecule has 0 unspecified atom stereocenters. The Labute approximate surface area is 132 Å². The van der Waals surface area contributed by atoms with Crippen LogP contribution in [-0.2, 0) is 26.8 Å². The molecule has 0 radical (unpaired) electrons. The van der Waals surface area contributed by atoms with Crippen molar-refractivity contribution in [2.24, 2.45) is 14.1 Å². The number of hydrogen-bond donors (Lipinski definition) is 0. The molecule has 10 heteroatoms. The van der Waals surface area contributed by atoms with E-state index in [1.807, 2.05) is 0 Å². The Kier molecular flexibility index (Phi) is 4.32. The van der Waals surface area contributed by atoms with E-state index in [9.17, 15) is 18.0 Å². The first kappa shape index (κ1) is 16.5. The number of alkyl halides is 3. The van der Waals surface area contributed by atoms with Crippen LogP contribution in [0.25, 0.3) is 0 Å². The van der Waals surface area contributed by atoms with Gasteiger partial charge in [-0.1, -0.05) is 0 Å². The standard InChI is InChI=1S/C12H13BrF3N5O/c1-19(6-7-4-5-20(2)17-7)11(22)9-8(13)10(12(14,15)16)18-21(9)3/h4-5H,6H2,1-3H3. The van der Waals surface area contributed by atoms with Crippen LogP contribution in [0.3, 0.4) is 0 Å². The van der Waals surface area contributed by atoms with E-state index in [0.717, 1.165) is 4.68 Å². The summed E-state index contributed by atoms with van der Waals surface area (Å²) in [4.78, 5) is 13.7. The number of carbonyl (C=O) groups excluding carboxylic acids is 1. The predicted octanol–water partition coefficient (Wildman–Crippen LogP) is 2.21. The Morgan fingerprint density at radius 3 is 2.45 bits per heavy atom. The van der Waals surface area contributed by atoms with Crippen LogP contribution in [0.1, 0.15) is 21.9 Å². The van der Waals surface area contributed by atoms with Crippen molar-refractivity contribution < 1.29 is 18.0 Å². The topological polar surface area (TPSA) is 56.0 Å². The summed E-state index contributed by atoms with van der Waals surface area (Å²) in [5.41, 5.74) is -0.650. The Morgan fingerprint density at radius 1 is 1.36 bits per heavy atom. The number of aromatic nitrogens is 4. The molecular formula is C12H13BrF3N5O. The van der Waals surface area contributed by atoms with Crippen molar-refractivity contribution >= 4 is 21.8 Å². The van der Waals surface area contributed by atoms with E-state index < -0.39 is 17.8 Å². The van der Waals surface area contributed by atoms with Gasteiger partial charge in [0.05, 0.1) is 16.7 Å². The summed E-state index contributed by atoms with van der Waals surface area (Å²) < 4.78 is 40.6. The molecule has 2 rings (SSSR count). The minimum atomic E-state index is -4.63. The third-order valence-corrected chi connectivity index (χ3v) is 3.73. The highest BCUT2D eigenvalue weighted by Gasteiger charge is 2.39. The average molecular weight is 380 g/mol. The molecule has 0 saturated heterocycles. The first-order valence-corrected chi connectivity index (χ1v) is 6.94. The summed E-state index contributed by atoms with van der Waals surface area (Å²) in [7, 11) is 4.52. The maximum Gasteiger partial charge on any atom is 0.436 e. The smallest absolute Gasteiger partial charge is 0.334 e. The molecule has 0 aliphatic heterocycles. The van der Waals surface area contributed by atoms with Gasteiger partial charge in [-0.25, -0.2) is 0 Å². The van der Waals surface area contributed by atoms with Gasteiger partial charge in [-0.2, -0.15) is 23.4 Å². The number of aryl methyl sites for hydroxylation is 2. The normalized spacial score (nSPS) is 11.8. The van der Waals surface area contributed by atoms with E-state index in [-0.39, 0.29) is 16.7 Å². The predicted molar refractivity (Wildman–Crippen MR) is 74.9 cm³/mol. The SMILES string of the molecule is CN(Cc1ccn(C)n1)C(=O)c1c(Br)c(C(F)(F)F)nn1C. The monoisotopic (exact) mass is 379 g/mol. The summed E-state index contributed by atoms with van der Waals surface area (Å²) in [6.07, 6.45) is -2.91. The van der Waals surface area contributed by atoms with E-state index >= 15 is 0 Å². The fourth-order valence-corrected chi connectivity index (χ4v) is 2.68. The second-order valence-corrected chi connectivity index (χ2v) is 5.57. The van der Waals surface area contributed by atoms with Crippen LogP contribution in [0, 0.1) is 0 Å². The highest BCUT2D eigenvalue weighted by Crippen LogP contribution is 2.35. The molecule has 0 atom stereocenters. The van der Waals surface area contributed by atoms with E-state index in [0.29, 0.717) is 5.69 Å². The van der Waals surface area contributed by atoms with Gasteiger partial charge in [0.15, 0.2) is 5.69 Å². The van der Waals surface area contributed by atoms with Crippen LogP contribution in [0.2, 0.25) is 0 Å². The van der Waals surface area contributed by atoms with Crippen molar-refractivity contribution in [3.8, 4) is 0 Å². The van der Waals surface area contributed by atoms with Crippen molar-refractivity contribution in [1.29, 1.82) is 0 Å². The average Bonchev–Trinajstić information content (AvgIpc) is 2.92. The molecule has 0 N–H and O–H groups in total. The van der Waals surface area contributed by atoms with Gasteiger partial charge in [0.1, 0.15) is 5.69 Å². The Morgan fingerprint density at radius 2 is 2.00 bits per heavy atom. The summed E-state index contributed by atoms with van der Waals surface area (Å²) in [5, 5.41) is 7.50. The Hall–Kier alpha value is -1.84. The first-order chi connectivity index (χ1) is 10.1. The zero-order valence-corrected chi connectivity index (χ0v) is 13.6. The first-order valence-electron chi connectivity index (χ1n) is 6.15. The number of carbonyl (C=O) groups is 1. The van der Waals surface area contributed by atoms with Crippen LogP contribution in [-0.4, -0.2) is 37.4 Å². The van der Waals surface area contributed by atoms with Crippen LogP contribution in [0.5, 0.6) is 0 Å². The molecular weight excluding hydrogens is 367 g/mol. The maximum atomic E-state index is 12.8. The molecule has 1 amide bonds. The van der Waals surface area contributed by atoms with Crippen LogP contribution in [0.4, 0.5) is 13.2 Å². The molecule has 22 heavy (non-hydrogen) atoms. The maximum absolute atomic E-state index is 12.8. The van der Waals surface area contributed by atoms with Gasteiger partial charge in [-0.05, 0) is 22.0 Å². The molecule has 0 spiro atoms. The van der Waals surface area contributed by atoms with E-state index in [1.54, 1.807) is 24.0 Å². The van der Waals surface area contributed by atoms with Gasteiger partial charge in [0.25, 0.3) is 5.91 Å². The number of amides is 1. The van der Waals surface area contributed by atoms with Crippen molar-refractivity contribution in [2.75, 3.05) is 7.05 Å². The zero-order valence-electron chi connectivity index (χ0n) is 12.0. The van der Waals surface area contributed by atoms with E-state index in [2.05, 4.69) is 26.1 Å². The van der Waals surface area contributed by atoms with Crippen molar-refractivity contribution in [1.82, 2.24) is 24.5 Å². The second kappa shape index (κ2) is 5.75. The van der Waals surface area contributed by atoms with Crippen LogP contribution in [0.15, 0.2) is 16.7 Å². The van der Waals surface area contributed by atoms with Gasteiger partial charge >= 0.3 is 6.18 Å². The lowest BCUT2D eigenvalue weighted by atomic mass is 10.3. The highest BCUT2D eigenvalue weighted by molar-refractivity contribution is 9.10. The fourth-order valence-electron chi connectivity index (χ4n) is 1.95. The van der Waals surface area contributed by atoms with Crippen molar-refractivity contribution in [3.05, 3.63) is 33.8 Å². The summed E-state index contributed by atoms with van der Waals surface area (Å²) in [5.74, 6) is -0.581.